The van der Waals surface area contributed by atoms with E-state index in [1.165, 1.54) is 103 Å². The number of nitrogens with zero attached hydrogens (tertiary/aromatic N) is 2. The minimum Gasteiger partial charge on any atom is -0.324 e. The Labute approximate surface area is 317 Å². The number of aromatic nitrogens is 2. The van der Waals surface area contributed by atoms with Crippen LogP contribution in [0.2, 0.25) is 0 Å². The molecule has 0 radical (unpaired) electrons. The van der Waals surface area contributed by atoms with Crippen LogP contribution in [0.4, 0.5) is 0 Å². The van der Waals surface area contributed by atoms with Gasteiger partial charge in [0.15, 0.2) is 0 Å². The van der Waals surface area contributed by atoms with Crippen molar-refractivity contribution < 1.29 is 0 Å². The molecule has 12 aromatic rings. The lowest BCUT2D eigenvalue weighted by Crippen LogP contribution is -1.98. The van der Waals surface area contributed by atoms with Gasteiger partial charge < -0.3 is 4.57 Å². The minimum atomic E-state index is 0.860. The van der Waals surface area contributed by atoms with E-state index in [-0.39, 0.29) is 0 Å². The normalized spacial score (nSPS) is 12.2. The van der Waals surface area contributed by atoms with Crippen LogP contribution in [0.15, 0.2) is 176 Å². The summed E-state index contributed by atoms with van der Waals surface area (Å²) in [5.74, 6) is 1.02. The Morgan fingerprint density at radius 2 is 0.873 bits per heavy atom. The van der Waals surface area contributed by atoms with E-state index >= 15 is 0 Å². The van der Waals surface area contributed by atoms with Gasteiger partial charge >= 0.3 is 0 Å². The van der Waals surface area contributed by atoms with E-state index in [0.29, 0.717) is 0 Å². The molecule has 0 aliphatic rings. The molecular formula is C53H34N2. The van der Waals surface area contributed by atoms with Gasteiger partial charge in [-0.15, -0.1) is 0 Å². The van der Waals surface area contributed by atoms with E-state index in [9.17, 15) is 0 Å². The monoisotopic (exact) mass is 698 g/mol. The van der Waals surface area contributed by atoms with Crippen molar-refractivity contribution >= 4 is 86.4 Å². The van der Waals surface area contributed by atoms with Gasteiger partial charge in [-0.05, 0) is 129 Å². The molecule has 0 saturated carbocycles. The van der Waals surface area contributed by atoms with Crippen LogP contribution in [0, 0.1) is 0 Å². The molecule has 12 rings (SSSR count). The zero-order valence-electron chi connectivity index (χ0n) is 30.3. The maximum Gasteiger partial charge on any atom is 0.141 e. The van der Waals surface area contributed by atoms with Crippen molar-refractivity contribution in [1.29, 1.82) is 0 Å². The first-order chi connectivity index (χ1) is 27.2. The summed E-state index contributed by atoms with van der Waals surface area (Å²) in [4.78, 5) is 5.12. The third kappa shape index (κ3) is 4.28. The second-order valence-electron chi connectivity index (χ2n) is 14.9. The summed E-state index contributed by atoms with van der Waals surface area (Å²) in [6.45, 7) is 3.06. The number of fused-ring (bicyclic) bond motifs is 4. The molecule has 256 valence electrons. The van der Waals surface area contributed by atoms with Crippen molar-refractivity contribution in [1.82, 2.24) is 9.55 Å². The van der Waals surface area contributed by atoms with Gasteiger partial charge in [0.05, 0.1) is 11.0 Å². The molecule has 2 heteroatoms. The fourth-order valence-electron chi connectivity index (χ4n) is 9.72. The summed E-state index contributed by atoms with van der Waals surface area (Å²) >= 11 is 0. The van der Waals surface area contributed by atoms with Crippen LogP contribution in [0.25, 0.3) is 120 Å². The lowest BCUT2D eigenvalue weighted by Gasteiger charge is -2.18. The summed E-state index contributed by atoms with van der Waals surface area (Å²) in [7, 11) is 0. The second kappa shape index (κ2) is 11.5. The number of hydrogen-bond donors (Lipinski definition) is 0. The Morgan fingerprint density at radius 1 is 0.382 bits per heavy atom. The first-order valence-corrected chi connectivity index (χ1v) is 19.3. The maximum atomic E-state index is 5.12. The molecule has 0 N–H and O–H groups in total. The summed E-state index contributed by atoms with van der Waals surface area (Å²) in [5.41, 5.74) is 8.26. The molecule has 1 heterocycles. The summed E-state index contributed by atoms with van der Waals surface area (Å²) in [6.07, 6.45) is 0. The van der Waals surface area contributed by atoms with Gasteiger partial charge in [0.1, 0.15) is 5.82 Å². The van der Waals surface area contributed by atoms with Crippen molar-refractivity contribution in [2.24, 2.45) is 0 Å². The van der Waals surface area contributed by atoms with Gasteiger partial charge in [0.25, 0.3) is 0 Å². The molecule has 0 spiro atoms. The highest BCUT2D eigenvalue weighted by molar-refractivity contribution is 6.38. The number of aryl methyl sites for hydroxylation is 1. The highest BCUT2D eigenvalue weighted by Crippen LogP contribution is 2.46. The Kier molecular flexibility index (Phi) is 6.35. The molecule has 0 fully saturated rings. The largest absolute Gasteiger partial charge is 0.324 e. The fraction of sp³-hybridized carbons (Fsp3) is 0.0377. The van der Waals surface area contributed by atoms with Gasteiger partial charge in [-0.2, -0.15) is 0 Å². The van der Waals surface area contributed by atoms with E-state index in [2.05, 4.69) is 187 Å². The SMILES string of the molecule is CCn1c(-c2ccc(-c3ccc(-c4cc5cccc6c7cccc8ccc9cccc(c%10cccc4c%10c56)c9c87)cc3)c3ccccc23)nc2ccccc21. The van der Waals surface area contributed by atoms with Gasteiger partial charge in [-0.25, -0.2) is 4.98 Å². The van der Waals surface area contributed by atoms with Gasteiger partial charge in [0, 0.05) is 12.1 Å². The lowest BCUT2D eigenvalue weighted by atomic mass is 9.85. The lowest BCUT2D eigenvalue weighted by molar-refractivity contribution is 0.797. The van der Waals surface area contributed by atoms with Gasteiger partial charge in [0.2, 0.25) is 0 Å². The third-order valence-corrected chi connectivity index (χ3v) is 12.1. The molecule has 0 unspecified atom stereocenters. The highest BCUT2D eigenvalue weighted by Gasteiger charge is 2.19. The minimum absolute atomic E-state index is 0.860. The maximum absolute atomic E-state index is 5.12. The third-order valence-electron chi connectivity index (χ3n) is 12.1. The summed E-state index contributed by atoms with van der Waals surface area (Å²) in [5, 5.41) is 18.1. The van der Waals surface area contributed by atoms with E-state index < -0.39 is 0 Å². The molecular weight excluding hydrogens is 665 g/mol. The quantitative estimate of drug-likeness (QED) is 0.167. The van der Waals surface area contributed by atoms with Gasteiger partial charge in [-0.1, -0.05) is 152 Å². The number of rotatable bonds is 4. The predicted molar refractivity (Wildman–Crippen MR) is 235 cm³/mol. The molecule has 1 aromatic heterocycles. The second-order valence-corrected chi connectivity index (χ2v) is 14.9. The molecule has 2 nitrogen and oxygen atoms in total. The van der Waals surface area contributed by atoms with Crippen LogP contribution in [-0.2, 0) is 6.54 Å². The Morgan fingerprint density at radius 3 is 1.55 bits per heavy atom. The zero-order chi connectivity index (χ0) is 36.2. The molecule has 0 saturated heterocycles. The van der Waals surface area contributed by atoms with Crippen LogP contribution < -0.4 is 0 Å². The van der Waals surface area contributed by atoms with Crippen LogP contribution >= 0.6 is 0 Å². The average molecular weight is 699 g/mol. The topological polar surface area (TPSA) is 17.8 Å². The molecule has 0 bridgehead atoms. The first-order valence-electron chi connectivity index (χ1n) is 19.3. The number of hydrogen-bond acceptors (Lipinski definition) is 1. The van der Waals surface area contributed by atoms with E-state index in [1.54, 1.807) is 0 Å². The molecule has 0 atom stereocenters. The predicted octanol–water partition coefficient (Wildman–Crippen LogP) is 14.6. The standard InChI is InChI=1S/C53H34N2/c1-2-55-48-22-6-5-21-47(48)54-53(55)45-30-29-37(38-14-3-4-15-39(38)45)32-23-25-33(26-24-32)46-31-36-13-9-18-41-40-16-7-11-34-27-28-35-12-8-17-42(50(35)49(34)40)43-19-10-20-44(46)52(43)51(36)41/h3-31H,2H2,1H3. The zero-order valence-corrected chi connectivity index (χ0v) is 30.3. The van der Waals surface area contributed by atoms with Crippen LogP contribution in [-0.4, -0.2) is 9.55 Å². The average Bonchev–Trinajstić information content (AvgIpc) is 3.63. The molecule has 0 aliphatic heterocycles. The van der Waals surface area contributed by atoms with Crippen molar-refractivity contribution in [2.75, 3.05) is 0 Å². The smallest absolute Gasteiger partial charge is 0.141 e. The number of benzene rings is 10. The van der Waals surface area contributed by atoms with Crippen LogP contribution in [0.5, 0.6) is 0 Å². The van der Waals surface area contributed by atoms with Crippen LogP contribution in [0.3, 0.4) is 0 Å². The Balaban J connectivity index is 1.07. The van der Waals surface area contributed by atoms with E-state index in [1.807, 2.05) is 0 Å². The van der Waals surface area contributed by atoms with Crippen molar-refractivity contribution in [3.05, 3.63) is 176 Å². The van der Waals surface area contributed by atoms with Crippen molar-refractivity contribution in [2.45, 2.75) is 13.5 Å². The Hall–Kier alpha value is -7.03. The van der Waals surface area contributed by atoms with Crippen molar-refractivity contribution in [3.8, 4) is 33.6 Å². The number of imidazole rings is 1. The fourth-order valence-corrected chi connectivity index (χ4v) is 9.72. The first kappa shape index (κ1) is 30.4. The molecule has 0 aliphatic carbocycles. The Bertz CT molecular complexity index is 3510. The van der Waals surface area contributed by atoms with E-state index in [4.69, 9.17) is 4.98 Å². The number of para-hydroxylation sites is 2. The molecule has 55 heavy (non-hydrogen) atoms. The van der Waals surface area contributed by atoms with Crippen molar-refractivity contribution in [3.63, 3.8) is 0 Å². The molecule has 0 amide bonds. The molecule has 11 aromatic carbocycles. The summed E-state index contributed by atoms with van der Waals surface area (Å²) < 4.78 is 2.33. The van der Waals surface area contributed by atoms with Gasteiger partial charge in [-0.3, -0.25) is 0 Å². The summed E-state index contributed by atoms with van der Waals surface area (Å²) in [6, 6.07) is 65.3. The highest BCUT2D eigenvalue weighted by atomic mass is 15.1. The van der Waals surface area contributed by atoms with E-state index in [0.717, 1.165) is 23.4 Å². The van der Waals surface area contributed by atoms with Crippen LogP contribution in [0.1, 0.15) is 6.92 Å².